The Hall–Kier alpha value is -1.13. The van der Waals surface area contributed by atoms with E-state index in [1.165, 1.54) is 51.5 Å². The molecular weight excluding hydrogens is 292 g/mol. The lowest BCUT2D eigenvalue weighted by atomic mass is 9.83. The molecule has 2 aromatic rings. The van der Waals surface area contributed by atoms with Crippen molar-refractivity contribution in [2.75, 3.05) is 6.54 Å². The standard InChI is InChI=1S/C18H24N2OS/c1-2-6-14(7-3-1)16-8-4-10-20(16)12-15-13-21-18(19-15)17-9-5-11-22-17/h5,9,11,13-14,16H,1-4,6-8,10,12H2/t16-/m1/s1. The average molecular weight is 316 g/mol. The lowest BCUT2D eigenvalue weighted by Crippen LogP contribution is -2.36. The Kier molecular flexibility index (Phi) is 4.30. The van der Waals surface area contributed by atoms with Crippen LogP contribution < -0.4 is 0 Å². The molecule has 3 nitrogen and oxygen atoms in total. The average Bonchev–Trinajstić information content (AvgIpc) is 3.30. The van der Waals surface area contributed by atoms with Crippen LogP contribution in [0.25, 0.3) is 10.8 Å². The van der Waals surface area contributed by atoms with Gasteiger partial charge in [0.25, 0.3) is 0 Å². The molecule has 0 amide bonds. The minimum Gasteiger partial charge on any atom is -0.444 e. The van der Waals surface area contributed by atoms with Crippen LogP contribution in [0.15, 0.2) is 28.2 Å². The molecule has 0 radical (unpaired) electrons. The van der Waals surface area contributed by atoms with E-state index in [1.54, 1.807) is 11.3 Å². The number of likely N-dealkylation sites (tertiary alicyclic amines) is 1. The molecule has 2 aliphatic rings. The van der Waals surface area contributed by atoms with E-state index in [9.17, 15) is 0 Å². The predicted octanol–water partition coefficient (Wildman–Crippen LogP) is 4.95. The summed E-state index contributed by atoms with van der Waals surface area (Å²) in [6, 6.07) is 4.90. The third-order valence-corrected chi connectivity index (χ3v) is 6.11. The summed E-state index contributed by atoms with van der Waals surface area (Å²) in [6.07, 6.45) is 11.7. The van der Waals surface area contributed by atoms with Gasteiger partial charge in [0.15, 0.2) is 0 Å². The Morgan fingerprint density at radius 2 is 2.09 bits per heavy atom. The zero-order valence-electron chi connectivity index (χ0n) is 13.0. The number of thiophene rings is 1. The molecule has 4 rings (SSSR count). The fourth-order valence-electron chi connectivity index (χ4n) is 4.20. The molecule has 4 heteroatoms. The number of nitrogens with zero attached hydrogens (tertiary/aromatic N) is 2. The van der Waals surface area contributed by atoms with Crippen LogP contribution in [-0.2, 0) is 6.54 Å². The van der Waals surface area contributed by atoms with Gasteiger partial charge in [0.05, 0.1) is 10.6 Å². The summed E-state index contributed by atoms with van der Waals surface area (Å²) in [5.41, 5.74) is 1.09. The third-order valence-electron chi connectivity index (χ3n) is 5.26. The smallest absolute Gasteiger partial charge is 0.236 e. The van der Waals surface area contributed by atoms with Crippen molar-refractivity contribution >= 4 is 11.3 Å². The van der Waals surface area contributed by atoms with Crippen LogP contribution in [-0.4, -0.2) is 22.5 Å². The van der Waals surface area contributed by atoms with E-state index in [-0.39, 0.29) is 0 Å². The zero-order valence-corrected chi connectivity index (χ0v) is 13.9. The highest BCUT2D eigenvalue weighted by molar-refractivity contribution is 7.13. The van der Waals surface area contributed by atoms with Crippen molar-refractivity contribution in [2.24, 2.45) is 5.92 Å². The van der Waals surface area contributed by atoms with Gasteiger partial charge in [0.1, 0.15) is 6.26 Å². The third kappa shape index (κ3) is 2.99. The molecule has 2 fully saturated rings. The Balaban J connectivity index is 1.43. The minimum atomic E-state index is 0.776. The Morgan fingerprint density at radius 1 is 1.18 bits per heavy atom. The van der Waals surface area contributed by atoms with E-state index in [0.29, 0.717) is 0 Å². The van der Waals surface area contributed by atoms with Gasteiger partial charge in [-0.15, -0.1) is 11.3 Å². The summed E-state index contributed by atoms with van der Waals surface area (Å²) in [7, 11) is 0. The molecule has 1 aliphatic carbocycles. The molecule has 1 atom stereocenters. The predicted molar refractivity (Wildman–Crippen MR) is 89.8 cm³/mol. The zero-order chi connectivity index (χ0) is 14.8. The monoisotopic (exact) mass is 316 g/mol. The molecule has 0 spiro atoms. The van der Waals surface area contributed by atoms with Gasteiger partial charge in [-0.05, 0) is 49.6 Å². The normalized spacial score (nSPS) is 24.1. The highest BCUT2D eigenvalue weighted by atomic mass is 32.1. The van der Waals surface area contributed by atoms with E-state index >= 15 is 0 Å². The fraction of sp³-hybridized carbons (Fsp3) is 0.611. The quantitative estimate of drug-likeness (QED) is 0.799. The first-order valence-electron chi connectivity index (χ1n) is 8.62. The molecule has 2 aromatic heterocycles. The molecule has 22 heavy (non-hydrogen) atoms. The van der Waals surface area contributed by atoms with Crippen molar-refractivity contribution < 1.29 is 4.42 Å². The van der Waals surface area contributed by atoms with Gasteiger partial charge in [-0.1, -0.05) is 25.3 Å². The van der Waals surface area contributed by atoms with Crippen molar-refractivity contribution in [1.82, 2.24) is 9.88 Å². The second-order valence-electron chi connectivity index (χ2n) is 6.70. The summed E-state index contributed by atoms with van der Waals surface area (Å²) >= 11 is 1.69. The van der Waals surface area contributed by atoms with Crippen molar-refractivity contribution in [3.8, 4) is 10.8 Å². The maximum atomic E-state index is 5.67. The highest BCUT2D eigenvalue weighted by Crippen LogP contribution is 2.35. The van der Waals surface area contributed by atoms with E-state index in [4.69, 9.17) is 9.40 Å². The Bertz CT molecular complexity index is 586. The molecule has 118 valence electrons. The van der Waals surface area contributed by atoms with Crippen LogP contribution in [0, 0.1) is 5.92 Å². The molecule has 1 aliphatic heterocycles. The number of aromatic nitrogens is 1. The first kappa shape index (κ1) is 14.5. The molecule has 0 N–H and O–H groups in total. The van der Waals surface area contributed by atoms with Crippen molar-refractivity contribution in [2.45, 2.75) is 57.5 Å². The maximum Gasteiger partial charge on any atom is 0.236 e. The van der Waals surface area contributed by atoms with Crippen LogP contribution in [0.2, 0.25) is 0 Å². The van der Waals surface area contributed by atoms with Gasteiger partial charge < -0.3 is 4.42 Å². The van der Waals surface area contributed by atoms with Crippen LogP contribution >= 0.6 is 11.3 Å². The maximum absolute atomic E-state index is 5.67. The molecule has 0 unspecified atom stereocenters. The summed E-state index contributed by atoms with van der Waals surface area (Å²) in [6.45, 7) is 2.18. The van der Waals surface area contributed by atoms with E-state index < -0.39 is 0 Å². The van der Waals surface area contributed by atoms with Crippen LogP contribution in [0.3, 0.4) is 0 Å². The summed E-state index contributed by atoms with van der Waals surface area (Å²) in [4.78, 5) is 8.48. The summed E-state index contributed by atoms with van der Waals surface area (Å²) in [5, 5.41) is 2.07. The number of oxazole rings is 1. The van der Waals surface area contributed by atoms with Gasteiger partial charge >= 0.3 is 0 Å². The number of rotatable bonds is 4. The lowest BCUT2D eigenvalue weighted by molar-refractivity contribution is 0.149. The highest BCUT2D eigenvalue weighted by Gasteiger charge is 2.32. The van der Waals surface area contributed by atoms with E-state index in [2.05, 4.69) is 16.3 Å². The lowest BCUT2D eigenvalue weighted by Gasteiger charge is -2.33. The summed E-state index contributed by atoms with van der Waals surface area (Å²) < 4.78 is 5.67. The minimum absolute atomic E-state index is 0.776. The van der Waals surface area contributed by atoms with E-state index in [1.807, 2.05) is 12.3 Å². The van der Waals surface area contributed by atoms with Gasteiger partial charge in [0.2, 0.25) is 5.89 Å². The molecule has 1 saturated carbocycles. The second kappa shape index (κ2) is 6.55. The number of hydrogen-bond acceptors (Lipinski definition) is 4. The van der Waals surface area contributed by atoms with Gasteiger partial charge in [-0.25, -0.2) is 4.98 Å². The van der Waals surface area contributed by atoms with Crippen molar-refractivity contribution in [1.29, 1.82) is 0 Å². The second-order valence-corrected chi connectivity index (χ2v) is 7.65. The van der Waals surface area contributed by atoms with Gasteiger partial charge in [-0.3, -0.25) is 4.90 Å². The molecular formula is C18H24N2OS. The molecule has 3 heterocycles. The first-order valence-corrected chi connectivity index (χ1v) is 9.50. The number of hydrogen-bond donors (Lipinski definition) is 0. The van der Waals surface area contributed by atoms with Gasteiger partial charge in [-0.2, -0.15) is 0 Å². The fourth-order valence-corrected chi connectivity index (χ4v) is 4.86. The largest absolute Gasteiger partial charge is 0.444 e. The van der Waals surface area contributed by atoms with Crippen LogP contribution in [0.5, 0.6) is 0 Å². The topological polar surface area (TPSA) is 29.3 Å². The first-order chi connectivity index (χ1) is 10.9. The van der Waals surface area contributed by atoms with E-state index in [0.717, 1.165) is 35.0 Å². The Morgan fingerprint density at radius 3 is 2.91 bits per heavy atom. The molecule has 0 bridgehead atoms. The van der Waals surface area contributed by atoms with Crippen molar-refractivity contribution in [3.63, 3.8) is 0 Å². The molecule has 1 saturated heterocycles. The van der Waals surface area contributed by atoms with Gasteiger partial charge in [0, 0.05) is 12.6 Å². The van der Waals surface area contributed by atoms with Crippen molar-refractivity contribution in [3.05, 3.63) is 29.5 Å². The molecule has 0 aromatic carbocycles. The Labute approximate surface area is 136 Å². The summed E-state index contributed by atoms with van der Waals surface area (Å²) in [5.74, 6) is 1.69. The van der Waals surface area contributed by atoms with Crippen LogP contribution in [0.4, 0.5) is 0 Å². The van der Waals surface area contributed by atoms with Crippen LogP contribution in [0.1, 0.15) is 50.6 Å². The SMILES string of the molecule is c1csc(-c2nc(CN3CCC[C@@H]3C3CCCCC3)co2)c1.